The number of amides is 1. The number of aryl methyl sites for hydroxylation is 2. The lowest BCUT2D eigenvalue weighted by Gasteiger charge is -2.12. The Labute approximate surface area is 120 Å². The van der Waals surface area contributed by atoms with Gasteiger partial charge in [-0.15, -0.1) is 0 Å². The number of hydrogen-bond donors (Lipinski definition) is 1. The van der Waals surface area contributed by atoms with E-state index in [1.165, 1.54) is 0 Å². The number of halogens is 1. The molecule has 0 radical (unpaired) electrons. The summed E-state index contributed by atoms with van der Waals surface area (Å²) >= 11 is 3.40. The number of benzene rings is 2. The van der Waals surface area contributed by atoms with Crippen molar-refractivity contribution in [1.82, 2.24) is 0 Å². The molecule has 0 fully saturated rings. The van der Waals surface area contributed by atoms with Crippen LogP contribution in [0.25, 0.3) is 0 Å². The predicted molar refractivity (Wildman–Crippen MR) is 78.6 cm³/mol. The second-order valence-electron chi connectivity index (χ2n) is 4.38. The van der Waals surface area contributed by atoms with E-state index >= 15 is 0 Å². The van der Waals surface area contributed by atoms with Gasteiger partial charge in [0.25, 0.3) is 5.91 Å². The third kappa shape index (κ3) is 3.15. The van der Waals surface area contributed by atoms with Crippen molar-refractivity contribution >= 4 is 21.8 Å². The van der Waals surface area contributed by atoms with Crippen molar-refractivity contribution in [3.8, 4) is 11.5 Å². The lowest BCUT2D eigenvalue weighted by molar-refractivity contribution is 0.0998. The highest BCUT2D eigenvalue weighted by Crippen LogP contribution is 2.30. The Hall–Kier alpha value is -1.81. The number of carbonyl (C=O) groups is 1. The second kappa shape index (κ2) is 5.45. The van der Waals surface area contributed by atoms with Gasteiger partial charge in [-0.2, -0.15) is 0 Å². The molecule has 0 aliphatic carbocycles. The van der Waals surface area contributed by atoms with Crippen LogP contribution >= 0.6 is 15.9 Å². The highest BCUT2D eigenvalue weighted by atomic mass is 79.9. The van der Waals surface area contributed by atoms with Crippen molar-refractivity contribution in [3.05, 3.63) is 57.6 Å². The molecular weight excluding hydrogens is 306 g/mol. The maximum absolute atomic E-state index is 11.4. The lowest BCUT2D eigenvalue weighted by Crippen LogP contribution is -2.12. The van der Waals surface area contributed by atoms with Crippen LogP contribution in [-0.2, 0) is 0 Å². The third-order valence-corrected chi connectivity index (χ3v) is 3.25. The molecule has 4 heteroatoms. The van der Waals surface area contributed by atoms with E-state index in [2.05, 4.69) is 15.9 Å². The fourth-order valence-corrected chi connectivity index (χ4v) is 2.24. The molecule has 0 unspecified atom stereocenters. The first-order valence-corrected chi connectivity index (χ1v) is 6.61. The normalized spacial score (nSPS) is 10.3. The van der Waals surface area contributed by atoms with E-state index < -0.39 is 5.91 Å². The van der Waals surface area contributed by atoms with Crippen LogP contribution in [0.5, 0.6) is 11.5 Å². The molecule has 98 valence electrons. The Kier molecular flexibility index (Phi) is 3.90. The fraction of sp³-hybridized carbons (Fsp3) is 0.133. The molecule has 2 N–H and O–H groups in total. The van der Waals surface area contributed by atoms with Crippen LogP contribution in [0, 0.1) is 13.8 Å². The highest BCUT2D eigenvalue weighted by molar-refractivity contribution is 9.10. The molecule has 0 atom stereocenters. The summed E-state index contributed by atoms with van der Waals surface area (Å²) in [6.45, 7) is 3.88. The van der Waals surface area contributed by atoms with Gasteiger partial charge < -0.3 is 10.5 Å². The van der Waals surface area contributed by atoms with Crippen LogP contribution in [0.4, 0.5) is 0 Å². The smallest absolute Gasteiger partial charge is 0.252 e. The van der Waals surface area contributed by atoms with Crippen LogP contribution in [-0.4, -0.2) is 5.91 Å². The number of nitrogens with two attached hydrogens (primary N) is 1. The first kappa shape index (κ1) is 13.6. The van der Waals surface area contributed by atoms with Gasteiger partial charge >= 0.3 is 0 Å². The molecule has 2 aromatic rings. The predicted octanol–water partition coefficient (Wildman–Crippen LogP) is 3.96. The van der Waals surface area contributed by atoms with Gasteiger partial charge in [0.1, 0.15) is 11.5 Å². The summed E-state index contributed by atoms with van der Waals surface area (Å²) in [5, 5.41) is 0. The quantitative estimate of drug-likeness (QED) is 0.931. The summed E-state index contributed by atoms with van der Waals surface area (Å²) in [6.07, 6.45) is 0. The molecule has 0 bridgehead atoms. The zero-order chi connectivity index (χ0) is 14.0. The summed E-state index contributed by atoms with van der Waals surface area (Å²) < 4.78 is 6.80. The number of primary amides is 1. The molecule has 3 nitrogen and oxygen atoms in total. The van der Waals surface area contributed by atoms with Crippen LogP contribution < -0.4 is 10.5 Å². The van der Waals surface area contributed by atoms with Crippen LogP contribution in [0.1, 0.15) is 21.5 Å². The van der Waals surface area contributed by atoms with E-state index in [9.17, 15) is 4.79 Å². The van der Waals surface area contributed by atoms with E-state index in [4.69, 9.17) is 10.5 Å². The van der Waals surface area contributed by atoms with Gasteiger partial charge in [-0.25, -0.2) is 0 Å². The molecule has 0 saturated heterocycles. The van der Waals surface area contributed by atoms with Gasteiger partial charge in [-0.3, -0.25) is 4.79 Å². The van der Waals surface area contributed by atoms with Gasteiger partial charge in [0, 0.05) is 4.47 Å². The van der Waals surface area contributed by atoms with E-state index in [1.54, 1.807) is 6.07 Å². The minimum Gasteiger partial charge on any atom is -0.456 e. The Morgan fingerprint density at radius 2 is 1.84 bits per heavy atom. The Bertz CT molecular complexity index is 638. The summed E-state index contributed by atoms with van der Waals surface area (Å²) in [5.41, 5.74) is 7.72. The van der Waals surface area contributed by atoms with Crippen molar-refractivity contribution in [2.75, 3.05) is 0 Å². The largest absolute Gasteiger partial charge is 0.456 e. The molecule has 0 saturated carbocycles. The zero-order valence-electron chi connectivity index (χ0n) is 10.7. The molecule has 0 heterocycles. The summed E-state index contributed by atoms with van der Waals surface area (Å²) in [6, 6.07) is 11.0. The number of hydrogen-bond acceptors (Lipinski definition) is 2. The fourth-order valence-electron chi connectivity index (χ4n) is 1.76. The summed E-state index contributed by atoms with van der Waals surface area (Å²) in [4.78, 5) is 11.4. The highest BCUT2D eigenvalue weighted by Gasteiger charge is 2.11. The monoisotopic (exact) mass is 319 g/mol. The SMILES string of the molecule is Cc1ccc(C(N)=O)c(Oc2ccc(Br)cc2C)c1. The minimum atomic E-state index is -0.496. The summed E-state index contributed by atoms with van der Waals surface area (Å²) in [5.74, 6) is 0.694. The molecule has 19 heavy (non-hydrogen) atoms. The molecule has 0 aromatic heterocycles. The van der Waals surface area contributed by atoms with Gasteiger partial charge in [-0.05, 0) is 55.3 Å². The molecule has 0 aliphatic heterocycles. The number of carbonyl (C=O) groups excluding carboxylic acids is 1. The van der Waals surface area contributed by atoms with E-state index in [-0.39, 0.29) is 0 Å². The average Bonchev–Trinajstić information content (AvgIpc) is 2.32. The minimum absolute atomic E-state index is 0.382. The van der Waals surface area contributed by atoms with Crippen LogP contribution in [0.2, 0.25) is 0 Å². The summed E-state index contributed by atoms with van der Waals surface area (Å²) in [7, 11) is 0. The molecular formula is C15H14BrNO2. The maximum atomic E-state index is 11.4. The van der Waals surface area contributed by atoms with Crippen molar-refractivity contribution < 1.29 is 9.53 Å². The standard InChI is InChI=1S/C15H14BrNO2/c1-9-3-5-12(15(17)18)14(7-9)19-13-6-4-11(16)8-10(13)2/h3-8H,1-2H3,(H2,17,18). The number of ether oxygens (including phenoxy) is 1. The van der Waals surface area contributed by atoms with Crippen molar-refractivity contribution in [2.45, 2.75) is 13.8 Å². The zero-order valence-corrected chi connectivity index (χ0v) is 12.3. The first-order chi connectivity index (χ1) is 8.97. The first-order valence-electron chi connectivity index (χ1n) is 5.82. The van der Waals surface area contributed by atoms with Gasteiger partial charge in [-0.1, -0.05) is 22.0 Å². The number of rotatable bonds is 3. The van der Waals surface area contributed by atoms with Crippen molar-refractivity contribution in [3.63, 3.8) is 0 Å². The van der Waals surface area contributed by atoms with E-state index in [1.807, 2.05) is 44.2 Å². The van der Waals surface area contributed by atoms with Crippen molar-refractivity contribution in [2.24, 2.45) is 5.73 Å². The van der Waals surface area contributed by atoms with Gasteiger partial charge in [0.2, 0.25) is 0 Å². The molecule has 2 rings (SSSR count). The third-order valence-electron chi connectivity index (χ3n) is 2.76. The second-order valence-corrected chi connectivity index (χ2v) is 5.29. The van der Waals surface area contributed by atoms with Crippen LogP contribution in [0.15, 0.2) is 40.9 Å². The maximum Gasteiger partial charge on any atom is 0.252 e. The Morgan fingerprint density at radius 3 is 2.47 bits per heavy atom. The average molecular weight is 320 g/mol. The van der Waals surface area contributed by atoms with Gasteiger partial charge in [0.05, 0.1) is 5.56 Å². The van der Waals surface area contributed by atoms with Crippen molar-refractivity contribution in [1.29, 1.82) is 0 Å². The Morgan fingerprint density at radius 1 is 1.11 bits per heavy atom. The molecule has 2 aromatic carbocycles. The lowest BCUT2D eigenvalue weighted by atomic mass is 10.1. The molecule has 0 aliphatic rings. The van der Waals surface area contributed by atoms with E-state index in [0.717, 1.165) is 15.6 Å². The molecule has 0 spiro atoms. The Balaban J connectivity index is 2.42. The van der Waals surface area contributed by atoms with Crippen LogP contribution in [0.3, 0.4) is 0 Å². The topological polar surface area (TPSA) is 52.3 Å². The van der Waals surface area contributed by atoms with Gasteiger partial charge in [0.15, 0.2) is 0 Å². The van der Waals surface area contributed by atoms with E-state index in [0.29, 0.717) is 17.1 Å². The molecule has 1 amide bonds.